The molecule has 0 amide bonds. The Balaban J connectivity index is 1.49. The number of rotatable bonds is 8. The van der Waals surface area contributed by atoms with Gasteiger partial charge in [0.15, 0.2) is 5.96 Å². The summed E-state index contributed by atoms with van der Waals surface area (Å²) in [5.41, 5.74) is 1.40. The molecule has 1 heterocycles. The zero-order chi connectivity index (χ0) is 17.5. The summed E-state index contributed by atoms with van der Waals surface area (Å²) in [7, 11) is 0. The molecule has 2 unspecified atom stereocenters. The smallest absolute Gasteiger partial charge is 0.194 e. The lowest BCUT2D eigenvalue weighted by Gasteiger charge is -2.22. The molecule has 2 atom stereocenters. The van der Waals surface area contributed by atoms with Crippen LogP contribution >= 0.6 is 0 Å². The average Bonchev–Trinajstić information content (AvgIpc) is 3.33. The van der Waals surface area contributed by atoms with E-state index in [1.807, 2.05) is 0 Å². The van der Waals surface area contributed by atoms with E-state index >= 15 is 0 Å². The molecule has 1 aliphatic carbocycles. The maximum atomic E-state index is 10.1. The number of benzene rings is 1. The summed E-state index contributed by atoms with van der Waals surface area (Å²) in [5.74, 6) is 2.19. The maximum absolute atomic E-state index is 10.1. The Hall–Kier alpha value is -1.59. The fourth-order valence-electron chi connectivity index (χ4n) is 3.28. The van der Waals surface area contributed by atoms with E-state index in [-0.39, 0.29) is 0 Å². The van der Waals surface area contributed by atoms with E-state index < -0.39 is 6.10 Å². The van der Waals surface area contributed by atoms with Crippen LogP contribution in [0.3, 0.4) is 0 Å². The topological polar surface area (TPSA) is 57.1 Å². The van der Waals surface area contributed by atoms with Gasteiger partial charge in [0.25, 0.3) is 0 Å². The summed E-state index contributed by atoms with van der Waals surface area (Å²) >= 11 is 0. The van der Waals surface area contributed by atoms with Gasteiger partial charge in [-0.05, 0) is 37.7 Å². The van der Waals surface area contributed by atoms with Gasteiger partial charge in [-0.25, -0.2) is 0 Å². The van der Waals surface area contributed by atoms with Crippen LogP contribution in [0, 0.1) is 5.92 Å². The molecule has 0 radical (unpaired) electrons. The second-order valence-corrected chi connectivity index (χ2v) is 7.17. The second-order valence-electron chi connectivity index (χ2n) is 7.17. The molecule has 138 valence electrons. The molecule has 5 heteroatoms. The Labute approximate surface area is 151 Å². The Bertz CT molecular complexity index is 545. The van der Waals surface area contributed by atoms with Gasteiger partial charge in [-0.2, -0.15) is 0 Å². The molecule has 2 fully saturated rings. The van der Waals surface area contributed by atoms with Gasteiger partial charge in [0.2, 0.25) is 0 Å². The normalized spacial score (nSPS) is 22.2. The fourth-order valence-corrected chi connectivity index (χ4v) is 3.28. The summed E-state index contributed by atoms with van der Waals surface area (Å²) < 4.78 is 5.56. The van der Waals surface area contributed by atoms with E-state index in [4.69, 9.17) is 4.74 Å². The molecular weight excluding hydrogens is 314 g/mol. The first kappa shape index (κ1) is 18.2. The number of ether oxygens (including phenoxy) is 1. The van der Waals surface area contributed by atoms with Crippen molar-refractivity contribution in [3.63, 3.8) is 0 Å². The predicted octanol–water partition coefficient (Wildman–Crippen LogP) is 2.23. The monoisotopic (exact) mass is 345 g/mol. The van der Waals surface area contributed by atoms with Gasteiger partial charge in [-0.3, -0.25) is 4.99 Å². The number of hydrogen-bond acceptors (Lipinski definition) is 3. The Morgan fingerprint density at radius 3 is 2.84 bits per heavy atom. The van der Waals surface area contributed by atoms with E-state index in [0.717, 1.165) is 44.5 Å². The summed E-state index contributed by atoms with van der Waals surface area (Å²) in [6, 6.07) is 10.7. The molecule has 1 saturated carbocycles. The molecule has 0 spiro atoms. The van der Waals surface area contributed by atoms with Gasteiger partial charge in [0.1, 0.15) is 0 Å². The molecule has 2 N–H and O–H groups in total. The van der Waals surface area contributed by atoms with Crippen LogP contribution in [-0.2, 0) is 4.74 Å². The third kappa shape index (κ3) is 5.72. The summed E-state index contributed by atoms with van der Waals surface area (Å²) in [6.45, 7) is 6.44. The number of aliphatic imine (C=N–C) groups is 1. The SMILES string of the molecule is CCNC(=NCC(O)COCC1CC1)N1CCC(c2ccccc2)C1. The Morgan fingerprint density at radius 1 is 1.32 bits per heavy atom. The molecule has 5 nitrogen and oxygen atoms in total. The maximum Gasteiger partial charge on any atom is 0.194 e. The predicted molar refractivity (Wildman–Crippen MR) is 101 cm³/mol. The van der Waals surface area contributed by atoms with E-state index in [0.29, 0.717) is 19.1 Å². The van der Waals surface area contributed by atoms with Crippen LogP contribution in [0.5, 0.6) is 0 Å². The number of nitrogens with zero attached hydrogens (tertiary/aromatic N) is 2. The highest BCUT2D eigenvalue weighted by Gasteiger charge is 2.26. The molecule has 3 rings (SSSR count). The number of likely N-dealkylation sites (tertiary alicyclic amines) is 1. The minimum absolute atomic E-state index is 0.381. The first-order valence-corrected chi connectivity index (χ1v) is 9.60. The first-order chi connectivity index (χ1) is 12.3. The van der Waals surface area contributed by atoms with E-state index in [1.54, 1.807) is 0 Å². The number of nitrogens with one attached hydrogen (secondary N) is 1. The quantitative estimate of drug-likeness (QED) is 0.560. The van der Waals surface area contributed by atoms with Gasteiger partial charge >= 0.3 is 0 Å². The third-order valence-corrected chi connectivity index (χ3v) is 4.91. The molecule has 1 saturated heterocycles. The van der Waals surface area contributed by atoms with Crippen LogP contribution < -0.4 is 5.32 Å². The third-order valence-electron chi connectivity index (χ3n) is 4.91. The summed E-state index contributed by atoms with van der Waals surface area (Å²) in [6.07, 6.45) is 3.16. The van der Waals surface area contributed by atoms with E-state index in [9.17, 15) is 5.11 Å². The van der Waals surface area contributed by atoms with Crippen LogP contribution in [0.4, 0.5) is 0 Å². The van der Waals surface area contributed by atoms with Gasteiger partial charge in [-0.15, -0.1) is 0 Å². The highest BCUT2D eigenvalue weighted by Crippen LogP contribution is 2.29. The van der Waals surface area contributed by atoms with Crippen molar-refractivity contribution in [3.05, 3.63) is 35.9 Å². The van der Waals surface area contributed by atoms with Crippen molar-refractivity contribution in [2.24, 2.45) is 10.9 Å². The Kier molecular flexibility index (Phi) is 6.70. The largest absolute Gasteiger partial charge is 0.389 e. The van der Waals surface area contributed by atoms with E-state index in [1.165, 1.54) is 18.4 Å². The lowest BCUT2D eigenvalue weighted by atomic mass is 9.99. The average molecular weight is 345 g/mol. The minimum Gasteiger partial charge on any atom is -0.389 e. The van der Waals surface area contributed by atoms with Crippen molar-refractivity contribution in [1.29, 1.82) is 0 Å². The molecular formula is C20H31N3O2. The highest BCUT2D eigenvalue weighted by atomic mass is 16.5. The van der Waals surface area contributed by atoms with Crippen LogP contribution in [0.2, 0.25) is 0 Å². The highest BCUT2D eigenvalue weighted by molar-refractivity contribution is 5.80. The van der Waals surface area contributed by atoms with Crippen molar-refractivity contribution in [2.75, 3.05) is 39.4 Å². The fraction of sp³-hybridized carbons (Fsp3) is 0.650. The van der Waals surface area contributed by atoms with Crippen LogP contribution in [0.1, 0.15) is 37.7 Å². The number of aliphatic hydroxyl groups excluding tert-OH is 1. The molecule has 1 aliphatic heterocycles. The minimum atomic E-state index is -0.528. The number of guanidine groups is 1. The van der Waals surface area contributed by atoms with Crippen molar-refractivity contribution in [3.8, 4) is 0 Å². The number of hydrogen-bond donors (Lipinski definition) is 2. The number of aliphatic hydroxyl groups is 1. The standard InChI is InChI=1S/C20H31N3O2/c1-2-21-20(22-12-19(24)15-25-14-16-8-9-16)23-11-10-18(13-23)17-6-4-3-5-7-17/h3-7,16,18-19,24H,2,8-15H2,1H3,(H,21,22). The van der Waals surface area contributed by atoms with Gasteiger partial charge in [-0.1, -0.05) is 30.3 Å². The zero-order valence-electron chi connectivity index (χ0n) is 15.2. The van der Waals surface area contributed by atoms with Gasteiger partial charge < -0.3 is 20.1 Å². The zero-order valence-corrected chi connectivity index (χ0v) is 15.2. The lowest BCUT2D eigenvalue weighted by molar-refractivity contribution is 0.0367. The van der Waals surface area contributed by atoms with Gasteiger partial charge in [0, 0.05) is 32.2 Å². The summed E-state index contributed by atoms with van der Waals surface area (Å²) in [4.78, 5) is 6.94. The Morgan fingerprint density at radius 2 is 2.12 bits per heavy atom. The molecule has 0 bridgehead atoms. The second kappa shape index (κ2) is 9.20. The van der Waals surface area contributed by atoms with Crippen LogP contribution in [0.15, 0.2) is 35.3 Å². The molecule has 2 aliphatic rings. The first-order valence-electron chi connectivity index (χ1n) is 9.60. The molecule has 25 heavy (non-hydrogen) atoms. The molecule has 0 aromatic heterocycles. The van der Waals surface area contributed by atoms with Crippen LogP contribution in [0.25, 0.3) is 0 Å². The van der Waals surface area contributed by atoms with Crippen molar-refractivity contribution >= 4 is 5.96 Å². The van der Waals surface area contributed by atoms with Crippen molar-refractivity contribution in [2.45, 2.75) is 38.2 Å². The van der Waals surface area contributed by atoms with Crippen molar-refractivity contribution in [1.82, 2.24) is 10.2 Å². The molecule has 1 aromatic carbocycles. The van der Waals surface area contributed by atoms with Crippen molar-refractivity contribution < 1.29 is 9.84 Å². The summed E-state index contributed by atoms with van der Waals surface area (Å²) in [5, 5.41) is 13.5. The molecule has 1 aromatic rings. The van der Waals surface area contributed by atoms with Crippen LogP contribution in [-0.4, -0.2) is 61.5 Å². The lowest BCUT2D eigenvalue weighted by Crippen LogP contribution is -2.40. The van der Waals surface area contributed by atoms with Gasteiger partial charge in [0.05, 0.1) is 19.3 Å². The van der Waals surface area contributed by atoms with E-state index in [2.05, 4.69) is 52.5 Å².